The van der Waals surface area contributed by atoms with Gasteiger partial charge >= 0.3 is 0 Å². The lowest BCUT2D eigenvalue weighted by Gasteiger charge is -2.19. The number of aromatic nitrogens is 16. The molecule has 7 fully saturated rings. The van der Waals surface area contributed by atoms with E-state index in [0.717, 1.165) is 226 Å². The summed E-state index contributed by atoms with van der Waals surface area (Å²) >= 11 is 0. The van der Waals surface area contributed by atoms with Gasteiger partial charge in [0, 0.05) is 137 Å². The van der Waals surface area contributed by atoms with Crippen LogP contribution in [0.15, 0.2) is 138 Å². The Hall–Kier alpha value is -12.9. The van der Waals surface area contributed by atoms with Gasteiger partial charge in [-0.3, -0.25) is 15.2 Å². The van der Waals surface area contributed by atoms with Crippen molar-refractivity contribution in [3.05, 3.63) is 218 Å². The van der Waals surface area contributed by atoms with Gasteiger partial charge in [-0.15, -0.1) is 0 Å². The molecule has 0 saturated heterocycles. The molecule has 7 aliphatic carbocycles. The molecule has 0 spiro atoms. The highest BCUT2D eigenvalue weighted by Gasteiger charge is 2.40. The number of hydrogen-bond donors (Lipinski definition) is 7. The zero-order chi connectivity index (χ0) is 80.5. The van der Waals surface area contributed by atoms with E-state index < -0.39 is 0 Å². The van der Waals surface area contributed by atoms with Crippen molar-refractivity contribution in [2.75, 3.05) is 6.54 Å². The van der Waals surface area contributed by atoms with Crippen molar-refractivity contribution in [2.45, 2.75) is 195 Å². The van der Waals surface area contributed by atoms with E-state index in [9.17, 15) is 0 Å². The number of aliphatic imine (C=N–C) groups is 1. The molecule has 0 amide bonds. The lowest BCUT2D eigenvalue weighted by atomic mass is 9.90. The predicted octanol–water partition coefficient (Wildman–Crippen LogP) is 23.2. The molecule has 9 aliphatic rings. The minimum atomic E-state index is 0.543. The molecule has 22 heteroatoms. The molecule has 596 valence electrons. The Bertz CT molecular complexity index is 6800. The SMILES string of the molecule is C=C1NC=Cc2c1cccc2-c1cc(-c2c(C)noc2C)cc2[nH]c(C3CC3)nc12.CC1=NCC(C2CC2)=C1c1cc(-c2c(C)noc2C)cc2[nH]c(C3CC3)nc12.Cc1noc(C)c1-c1cc(-c2c(-c3ccccc3)n[nH]c2C)c2nc(C3CC3)[nH]c2c1.Cc1noc(C)c1-c1cc(-c2c(C3CC3)n[nH]c2C2CC2)c2nc(C3CC3)[nH]c2c1. The summed E-state index contributed by atoms with van der Waals surface area (Å²) in [5, 5.41) is 36.0. The highest BCUT2D eigenvalue weighted by molar-refractivity contribution is 6.28. The predicted molar refractivity (Wildman–Crippen MR) is 466 cm³/mol. The molecule has 0 unspecified atom stereocenters. The molecular weight excluding hydrogens is 1480 g/mol. The summed E-state index contributed by atoms with van der Waals surface area (Å²) in [6.45, 7) is 25.1. The van der Waals surface area contributed by atoms with Gasteiger partial charge in [-0.1, -0.05) is 75.7 Å². The first-order valence-electron chi connectivity index (χ1n) is 42.5. The molecule has 119 heavy (non-hydrogen) atoms. The van der Waals surface area contributed by atoms with E-state index in [1.165, 1.54) is 129 Å². The Morgan fingerprint density at radius 1 is 0.370 bits per heavy atom. The Morgan fingerprint density at radius 3 is 1.22 bits per heavy atom. The van der Waals surface area contributed by atoms with Crippen LogP contribution in [0.2, 0.25) is 0 Å². The third-order valence-corrected chi connectivity index (χ3v) is 25.6. The van der Waals surface area contributed by atoms with Crippen LogP contribution in [0.5, 0.6) is 0 Å². The van der Waals surface area contributed by atoms with E-state index in [0.29, 0.717) is 41.4 Å². The zero-order valence-corrected chi connectivity index (χ0v) is 68.8. The van der Waals surface area contributed by atoms with Crippen molar-refractivity contribution >= 4 is 67.2 Å². The fourth-order valence-corrected chi connectivity index (χ4v) is 18.5. The van der Waals surface area contributed by atoms with Crippen molar-refractivity contribution in [1.82, 2.24) is 86.2 Å². The molecule has 7 saturated carbocycles. The van der Waals surface area contributed by atoms with Gasteiger partial charge in [-0.25, -0.2) is 19.9 Å². The lowest BCUT2D eigenvalue weighted by molar-refractivity contribution is 0.393. The highest BCUT2D eigenvalue weighted by Crippen LogP contribution is 2.54. The fourth-order valence-electron chi connectivity index (χ4n) is 18.5. The van der Waals surface area contributed by atoms with Crippen LogP contribution in [-0.4, -0.2) is 93.1 Å². The maximum absolute atomic E-state index is 5.50. The number of rotatable bonds is 16. The second-order valence-electron chi connectivity index (χ2n) is 34.7. The number of aromatic amines is 6. The second kappa shape index (κ2) is 28.2. The van der Waals surface area contributed by atoms with Crippen molar-refractivity contribution in [1.29, 1.82) is 0 Å². The highest BCUT2D eigenvalue weighted by atomic mass is 16.5. The summed E-state index contributed by atoms with van der Waals surface area (Å²) in [6.07, 6.45) is 21.4. The molecule has 22 nitrogen and oxygen atoms in total. The van der Waals surface area contributed by atoms with Gasteiger partial charge in [-0.2, -0.15) is 10.2 Å². The maximum Gasteiger partial charge on any atom is 0.141 e. The largest absolute Gasteiger partial charge is 0.362 e. The third-order valence-electron chi connectivity index (χ3n) is 25.6. The molecule has 12 heterocycles. The molecule has 0 radical (unpaired) electrons. The third kappa shape index (κ3) is 13.2. The smallest absolute Gasteiger partial charge is 0.141 e. The van der Waals surface area contributed by atoms with E-state index in [2.05, 4.69) is 167 Å². The maximum atomic E-state index is 5.50. The Labute approximate surface area is 687 Å². The van der Waals surface area contributed by atoms with Gasteiger partial charge in [0.25, 0.3) is 0 Å². The van der Waals surface area contributed by atoms with E-state index in [1.54, 1.807) is 0 Å². The normalized spacial score (nSPS) is 17.0. The number of nitrogens with one attached hydrogen (secondary N) is 7. The summed E-state index contributed by atoms with van der Waals surface area (Å²) in [5.41, 5.74) is 41.7. The van der Waals surface area contributed by atoms with Crippen LogP contribution in [0.25, 0.3) is 151 Å². The molecular formula is C97H94N18O4. The van der Waals surface area contributed by atoms with Crippen molar-refractivity contribution in [3.63, 3.8) is 0 Å². The van der Waals surface area contributed by atoms with Crippen molar-refractivity contribution in [2.24, 2.45) is 10.9 Å². The Balaban J connectivity index is 0.0000000955. The van der Waals surface area contributed by atoms with Crippen LogP contribution in [0.4, 0.5) is 0 Å². The van der Waals surface area contributed by atoms with Crippen LogP contribution in [-0.2, 0) is 0 Å². The molecule has 16 aromatic rings. The summed E-state index contributed by atoms with van der Waals surface area (Å²) < 4.78 is 21.9. The Kier molecular flexibility index (Phi) is 17.2. The van der Waals surface area contributed by atoms with E-state index in [-0.39, 0.29) is 0 Å². The van der Waals surface area contributed by atoms with Gasteiger partial charge in [0.1, 0.15) is 52.0 Å². The van der Waals surface area contributed by atoms with Crippen molar-refractivity contribution in [3.8, 4) is 89.1 Å². The fraction of sp³-hybridized carbons (Fsp3) is 0.330. The molecule has 0 atom stereocenters. The molecule has 6 aromatic carbocycles. The average molecular weight is 1580 g/mol. The Morgan fingerprint density at radius 2 is 0.782 bits per heavy atom. The van der Waals surface area contributed by atoms with Gasteiger partial charge < -0.3 is 43.3 Å². The van der Waals surface area contributed by atoms with E-state index in [1.807, 2.05) is 79.8 Å². The number of allylic oxidation sites excluding steroid dienone is 1. The molecule has 7 N–H and O–H groups in total. The first-order chi connectivity index (χ1) is 58.0. The molecule has 25 rings (SSSR count). The lowest BCUT2D eigenvalue weighted by Crippen LogP contribution is -2.08. The summed E-state index contributed by atoms with van der Waals surface area (Å²) in [7, 11) is 0. The van der Waals surface area contributed by atoms with E-state index >= 15 is 0 Å². The topological polar surface area (TPSA) is 301 Å². The number of benzene rings is 6. The minimum Gasteiger partial charge on any atom is -0.362 e. The van der Waals surface area contributed by atoms with Gasteiger partial charge in [-0.05, 0) is 259 Å². The number of aryl methyl sites for hydroxylation is 9. The summed E-state index contributed by atoms with van der Waals surface area (Å²) in [4.78, 5) is 39.4. The van der Waals surface area contributed by atoms with Gasteiger partial charge in [0.15, 0.2) is 0 Å². The number of hydrogen-bond acceptors (Lipinski definition) is 16. The summed E-state index contributed by atoms with van der Waals surface area (Å²) in [5.74, 6) is 12.0. The van der Waals surface area contributed by atoms with Gasteiger partial charge in [0.2, 0.25) is 0 Å². The van der Waals surface area contributed by atoms with Crippen LogP contribution in [0.3, 0.4) is 0 Å². The number of fused-ring (bicyclic) bond motifs is 5. The molecule has 0 bridgehead atoms. The van der Waals surface area contributed by atoms with E-state index in [4.69, 9.17) is 48.1 Å². The van der Waals surface area contributed by atoms with Crippen LogP contribution in [0, 0.1) is 68.2 Å². The minimum absolute atomic E-state index is 0.543. The number of H-pyrrole nitrogens is 6. The molecule has 10 aromatic heterocycles. The quantitative estimate of drug-likeness (QED) is 0.0473. The standard InChI is InChI=1S/C25H23N5O.C25H22N4O.C24H25N5O.C23H24N4O/c1-13-22(23(29-28-13)16-7-5-4-6-8-16)19-11-18(21-14(2)30-31-15(21)3)12-20-24(19)27-25(26-20)17-9-10-17;1-13-18-5-4-6-19(20(18)9-10-26-13)21-11-17(23-14(2)29-30-15(23)3)12-22-24(21)28-25(27-22)16-7-8-16;1-11-19(12(2)30-29-11)16-9-17(23-18(10-16)25-24(26-23)15-7-8-15)20-21(13-3-4-13)27-28-22(20)14-5-6-14;1-11-21(18(10-24-11)14-4-5-14)17-8-16(20-12(2)27-28-13(20)3)9-19-22(17)26-23(25-19)15-6-7-15/h4-8,11-12,17H,9-10H2,1-3H3,(H,26,27)(H,28,29);4-6,9-12,16,26H,1,7-8H2,2-3H3,(H,27,28);9-10,13-15H,3-8H2,1-2H3,(H,25,26)(H,27,28);8-9,14-15H,4-7,10H2,1-3H3,(H,25,26). The first-order valence-corrected chi connectivity index (χ1v) is 42.5. The number of imidazole rings is 4. The van der Waals surface area contributed by atoms with Crippen molar-refractivity contribution < 1.29 is 18.1 Å². The second-order valence-corrected chi connectivity index (χ2v) is 34.7. The number of nitrogens with zero attached hydrogens (tertiary/aromatic N) is 11. The molecule has 2 aliphatic heterocycles. The average Bonchev–Trinajstić information content (AvgIpc) is 1.60. The van der Waals surface area contributed by atoms with Crippen LogP contribution >= 0.6 is 0 Å². The monoisotopic (exact) mass is 1570 g/mol. The first kappa shape index (κ1) is 72.6. The summed E-state index contributed by atoms with van der Waals surface area (Å²) in [6, 6.07) is 34.4. The van der Waals surface area contributed by atoms with Gasteiger partial charge in [0.05, 0.1) is 79.1 Å². The zero-order valence-electron chi connectivity index (χ0n) is 68.8. The van der Waals surface area contributed by atoms with Crippen LogP contribution in [0.1, 0.15) is 235 Å². The van der Waals surface area contributed by atoms with Crippen LogP contribution < -0.4 is 5.32 Å².